The van der Waals surface area contributed by atoms with E-state index in [0.717, 1.165) is 63.9 Å². The molecular weight excluding hydrogens is 342 g/mol. The highest BCUT2D eigenvalue weighted by molar-refractivity contribution is 5.80. The van der Waals surface area contributed by atoms with E-state index in [1.54, 1.807) is 0 Å². The largest absolute Gasteiger partial charge is 0.370 e. The normalized spacial score (nSPS) is 24.2. The highest BCUT2D eigenvalue weighted by atomic mass is 16.5. The van der Waals surface area contributed by atoms with Gasteiger partial charge in [-0.2, -0.15) is 5.10 Å². The molecule has 2 atom stereocenters. The average Bonchev–Trinajstić information content (AvgIpc) is 3.12. The number of nitrogens with one attached hydrogen (secondary N) is 1. The van der Waals surface area contributed by atoms with Gasteiger partial charge in [-0.25, -0.2) is 0 Å². The molecule has 2 saturated heterocycles. The number of likely N-dealkylation sites (N-methyl/N-ethyl adjacent to an activating group) is 1. The van der Waals surface area contributed by atoms with Gasteiger partial charge in [-0.1, -0.05) is 0 Å². The first-order valence-corrected chi connectivity index (χ1v) is 10.1. The van der Waals surface area contributed by atoms with E-state index in [0.29, 0.717) is 12.6 Å². The van der Waals surface area contributed by atoms with Crippen LogP contribution < -0.4 is 5.32 Å². The zero-order valence-corrected chi connectivity index (χ0v) is 17.3. The number of aliphatic imine (C=N–C) groups is 1. The number of hydrogen-bond donors (Lipinski definition) is 1. The van der Waals surface area contributed by atoms with Crippen molar-refractivity contribution in [1.29, 1.82) is 0 Å². The molecule has 0 bridgehead atoms. The smallest absolute Gasteiger partial charge is 0.194 e. The molecule has 2 unspecified atom stereocenters. The van der Waals surface area contributed by atoms with E-state index < -0.39 is 0 Å². The molecule has 1 aromatic heterocycles. The van der Waals surface area contributed by atoms with Crippen molar-refractivity contribution in [2.24, 2.45) is 12.0 Å². The van der Waals surface area contributed by atoms with Gasteiger partial charge in [0.1, 0.15) is 6.10 Å². The van der Waals surface area contributed by atoms with Crippen LogP contribution in [0.5, 0.6) is 0 Å². The van der Waals surface area contributed by atoms with Gasteiger partial charge in [-0.3, -0.25) is 14.6 Å². The second kappa shape index (κ2) is 9.52. The Labute approximate surface area is 163 Å². The maximum Gasteiger partial charge on any atom is 0.194 e. The molecule has 8 heteroatoms. The summed E-state index contributed by atoms with van der Waals surface area (Å²) < 4.78 is 7.80. The minimum atomic E-state index is 0.0476. The van der Waals surface area contributed by atoms with E-state index in [9.17, 15) is 0 Å². The fourth-order valence-corrected chi connectivity index (χ4v) is 3.67. The van der Waals surface area contributed by atoms with Gasteiger partial charge in [0, 0.05) is 64.1 Å². The molecule has 2 fully saturated rings. The predicted octanol–water partition coefficient (Wildman–Crippen LogP) is 0.395. The molecule has 8 nitrogen and oxygen atoms in total. The molecule has 1 aromatic rings. The summed E-state index contributed by atoms with van der Waals surface area (Å²) in [6.07, 6.45) is 3.98. The Kier molecular flexibility index (Phi) is 7.09. The van der Waals surface area contributed by atoms with Gasteiger partial charge in [0.05, 0.1) is 25.9 Å². The Hall–Kier alpha value is -1.64. The highest BCUT2D eigenvalue weighted by Crippen LogP contribution is 2.21. The molecule has 27 heavy (non-hydrogen) atoms. The highest BCUT2D eigenvalue weighted by Gasteiger charge is 2.25. The Bertz CT molecular complexity index is 609. The van der Waals surface area contributed by atoms with E-state index in [4.69, 9.17) is 9.73 Å². The zero-order chi connectivity index (χ0) is 19.2. The van der Waals surface area contributed by atoms with Crippen molar-refractivity contribution in [1.82, 2.24) is 29.8 Å². The topological polar surface area (TPSA) is 61.2 Å². The van der Waals surface area contributed by atoms with Gasteiger partial charge in [0.2, 0.25) is 0 Å². The van der Waals surface area contributed by atoms with Crippen LogP contribution in [0.25, 0.3) is 0 Å². The van der Waals surface area contributed by atoms with Crippen molar-refractivity contribution in [3.05, 3.63) is 18.0 Å². The number of hydrogen-bond acceptors (Lipinski definition) is 5. The van der Waals surface area contributed by atoms with Crippen molar-refractivity contribution in [3.8, 4) is 0 Å². The second-order valence-electron chi connectivity index (χ2n) is 7.64. The maximum atomic E-state index is 5.98. The average molecular weight is 378 g/mol. The molecule has 0 amide bonds. The lowest BCUT2D eigenvalue weighted by Gasteiger charge is -2.37. The molecule has 2 aliphatic heterocycles. The van der Waals surface area contributed by atoms with Crippen LogP contribution in [-0.2, 0) is 11.8 Å². The van der Waals surface area contributed by atoms with Crippen LogP contribution in [0.1, 0.15) is 25.5 Å². The summed E-state index contributed by atoms with van der Waals surface area (Å²) in [7, 11) is 4.13. The number of ether oxygens (including phenoxy) is 1. The third-order valence-corrected chi connectivity index (χ3v) is 5.46. The zero-order valence-electron chi connectivity index (χ0n) is 17.3. The second-order valence-corrected chi connectivity index (χ2v) is 7.64. The summed E-state index contributed by atoms with van der Waals surface area (Å²) in [4.78, 5) is 12.2. The van der Waals surface area contributed by atoms with Crippen molar-refractivity contribution >= 4 is 5.96 Å². The van der Waals surface area contributed by atoms with Crippen molar-refractivity contribution in [3.63, 3.8) is 0 Å². The van der Waals surface area contributed by atoms with E-state index in [-0.39, 0.29) is 6.10 Å². The molecule has 2 aliphatic rings. The first-order chi connectivity index (χ1) is 13.1. The predicted molar refractivity (Wildman–Crippen MR) is 108 cm³/mol. The van der Waals surface area contributed by atoms with Gasteiger partial charge in [-0.15, -0.1) is 0 Å². The number of morpholine rings is 1. The molecular formula is C19H35N7O. The molecule has 0 saturated carbocycles. The monoisotopic (exact) mass is 377 g/mol. The summed E-state index contributed by atoms with van der Waals surface area (Å²) in [5, 5.41) is 7.75. The van der Waals surface area contributed by atoms with Crippen molar-refractivity contribution < 1.29 is 4.74 Å². The lowest BCUT2D eigenvalue weighted by atomic mass is 10.1. The van der Waals surface area contributed by atoms with Crippen LogP contribution in [0.2, 0.25) is 0 Å². The van der Waals surface area contributed by atoms with E-state index in [2.05, 4.69) is 46.0 Å². The van der Waals surface area contributed by atoms with Gasteiger partial charge in [0.25, 0.3) is 0 Å². The van der Waals surface area contributed by atoms with Gasteiger partial charge in [-0.05, 0) is 20.9 Å². The van der Waals surface area contributed by atoms with Crippen molar-refractivity contribution in [2.45, 2.75) is 26.0 Å². The Balaban J connectivity index is 1.60. The summed E-state index contributed by atoms with van der Waals surface area (Å²) in [5.41, 5.74) is 1.13. The van der Waals surface area contributed by atoms with Crippen LogP contribution in [0.15, 0.2) is 17.4 Å². The lowest BCUT2D eigenvalue weighted by Crippen LogP contribution is -2.50. The van der Waals surface area contributed by atoms with Crippen LogP contribution in [0.3, 0.4) is 0 Å². The fourth-order valence-electron chi connectivity index (χ4n) is 3.67. The van der Waals surface area contributed by atoms with Gasteiger partial charge < -0.3 is 19.9 Å². The molecule has 0 spiro atoms. The molecule has 3 rings (SSSR count). The summed E-state index contributed by atoms with van der Waals surface area (Å²) >= 11 is 0. The van der Waals surface area contributed by atoms with Gasteiger partial charge >= 0.3 is 0 Å². The molecule has 0 aromatic carbocycles. The third kappa shape index (κ3) is 5.43. The molecule has 1 N–H and O–H groups in total. The number of nitrogens with zero attached hydrogens (tertiary/aromatic N) is 6. The maximum absolute atomic E-state index is 5.98. The van der Waals surface area contributed by atoms with E-state index >= 15 is 0 Å². The first kappa shape index (κ1) is 20.1. The minimum Gasteiger partial charge on any atom is -0.370 e. The van der Waals surface area contributed by atoms with Crippen LogP contribution in [0, 0.1) is 0 Å². The number of aromatic nitrogens is 2. The number of rotatable bonds is 5. The van der Waals surface area contributed by atoms with Crippen LogP contribution in [0.4, 0.5) is 0 Å². The summed E-state index contributed by atoms with van der Waals surface area (Å²) in [6, 6.07) is 0.461. The molecule has 0 aliphatic carbocycles. The Morgan fingerprint density at radius 2 is 2.07 bits per heavy atom. The molecule has 0 radical (unpaired) electrons. The Morgan fingerprint density at radius 3 is 2.74 bits per heavy atom. The lowest BCUT2D eigenvalue weighted by molar-refractivity contribution is -0.00809. The number of aryl methyl sites for hydroxylation is 1. The van der Waals surface area contributed by atoms with Crippen LogP contribution >= 0.6 is 0 Å². The fraction of sp³-hybridized carbons (Fsp3) is 0.789. The number of piperazine rings is 1. The molecule has 152 valence electrons. The SMILES string of the molecule is CCNC(=NCC(C)N1CCN(C)CC1)N1CCOC(c2cnn(C)c2)C1. The Morgan fingerprint density at radius 1 is 1.30 bits per heavy atom. The number of guanidine groups is 1. The first-order valence-electron chi connectivity index (χ1n) is 10.1. The third-order valence-electron chi connectivity index (χ3n) is 5.46. The van der Waals surface area contributed by atoms with Gasteiger partial charge in [0.15, 0.2) is 5.96 Å². The quantitative estimate of drug-likeness (QED) is 0.592. The van der Waals surface area contributed by atoms with Crippen molar-refractivity contribution in [2.75, 3.05) is 66.0 Å². The summed E-state index contributed by atoms with van der Waals surface area (Å²) in [5.74, 6) is 0.996. The van der Waals surface area contributed by atoms with Crippen LogP contribution in [-0.4, -0.2) is 102 Å². The van der Waals surface area contributed by atoms with E-state index in [1.807, 2.05) is 24.1 Å². The summed E-state index contributed by atoms with van der Waals surface area (Å²) in [6.45, 7) is 13.0. The standard InChI is InChI=1S/C19H35N7O/c1-5-20-19(21-12-16(2)25-8-6-23(3)7-9-25)26-10-11-27-18(15-26)17-13-22-24(4)14-17/h13-14,16,18H,5-12,15H2,1-4H3,(H,20,21). The van der Waals surface area contributed by atoms with E-state index in [1.165, 1.54) is 0 Å². The molecule has 3 heterocycles. The minimum absolute atomic E-state index is 0.0476.